The van der Waals surface area contributed by atoms with E-state index in [1.807, 2.05) is 5.32 Å². The first-order chi connectivity index (χ1) is 8.95. The molecule has 0 spiro atoms. The van der Waals surface area contributed by atoms with E-state index in [1.54, 1.807) is 6.92 Å². The molecular weight excluding hydrogens is 258 g/mol. The van der Waals surface area contributed by atoms with E-state index in [-0.39, 0.29) is 19.1 Å². The SMILES string of the molecule is CC(CO)CNC(=O)C(=O)Nc1c(F)cccc1F. The number of carbonyl (C=O) groups excluding carboxylic acids is 2. The summed E-state index contributed by atoms with van der Waals surface area (Å²) in [5.41, 5.74) is -0.669. The Labute approximate surface area is 108 Å². The lowest BCUT2D eigenvalue weighted by atomic mass is 10.2. The molecule has 2 amide bonds. The van der Waals surface area contributed by atoms with Crippen LogP contribution < -0.4 is 10.6 Å². The summed E-state index contributed by atoms with van der Waals surface area (Å²) < 4.78 is 26.4. The second-order valence-electron chi connectivity index (χ2n) is 4.05. The maximum absolute atomic E-state index is 13.2. The third-order valence-electron chi connectivity index (χ3n) is 2.33. The molecule has 19 heavy (non-hydrogen) atoms. The van der Waals surface area contributed by atoms with Gasteiger partial charge in [-0.05, 0) is 18.1 Å². The van der Waals surface area contributed by atoms with Gasteiger partial charge in [-0.25, -0.2) is 8.78 Å². The molecule has 3 N–H and O–H groups in total. The Morgan fingerprint density at radius 3 is 2.37 bits per heavy atom. The van der Waals surface area contributed by atoms with Gasteiger partial charge < -0.3 is 15.7 Å². The standard InChI is InChI=1S/C12H14F2N2O3/c1-7(6-17)5-15-11(18)12(19)16-10-8(13)3-2-4-9(10)14/h2-4,7,17H,5-6H2,1H3,(H,15,18)(H,16,19). The first-order valence-corrected chi connectivity index (χ1v) is 5.59. The van der Waals surface area contributed by atoms with Gasteiger partial charge >= 0.3 is 11.8 Å². The maximum atomic E-state index is 13.2. The number of hydrogen-bond donors (Lipinski definition) is 3. The molecule has 0 fully saturated rings. The molecule has 1 rings (SSSR count). The molecule has 0 aliphatic heterocycles. The Morgan fingerprint density at radius 1 is 1.26 bits per heavy atom. The van der Waals surface area contributed by atoms with Crippen molar-refractivity contribution in [2.24, 2.45) is 5.92 Å². The number of hydrogen-bond acceptors (Lipinski definition) is 3. The fourth-order valence-corrected chi connectivity index (χ4v) is 1.20. The van der Waals surface area contributed by atoms with Crippen LogP contribution in [0.5, 0.6) is 0 Å². The number of carbonyl (C=O) groups is 2. The summed E-state index contributed by atoms with van der Waals surface area (Å²) in [5, 5.41) is 12.8. The van der Waals surface area contributed by atoms with Crippen LogP contribution in [0, 0.1) is 17.6 Å². The number of nitrogens with one attached hydrogen (secondary N) is 2. The van der Waals surface area contributed by atoms with Gasteiger partial charge in [0.15, 0.2) is 0 Å². The molecule has 1 unspecified atom stereocenters. The normalized spacial score (nSPS) is 11.8. The van der Waals surface area contributed by atoms with Crippen LogP contribution >= 0.6 is 0 Å². The summed E-state index contributed by atoms with van der Waals surface area (Å²) >= 11 is 0. The van der Waals surface area contributed by atoms with Crippen molar-refractivity contribution in [3.8, 4) is 0 Å². The summed E-state index contributed by atoms with van der Waals surface area (Å²) in [6.07, 6.45) is 0. The van der Waals surface area contributed by atoms with Crippen LogP contribution in [0.15, 0.2) is 18.2 Å². The van der Waals surface area contributed by atoms with E-state index in [0.29, 0.717) is 0 Å². The van der Waals surface area contributed by atoms with Gasteiger partial charge in [-0.2, -0.15) is 0 Å². The summed E-state index contributed by atoms with van der Waals surface area (Å²) in [6, 6.07) is 3.07. The van der Waals surface area contributed by atoms with Crippen LogP contribution in [0.3, 0.4) is 0 Å². The van der Waals surface area contributed by atoms with E-state index in [0.717, 1.165) is 18.2 Å². The first-order valence-electron chi connectivity index (χ1n) is 5.59. The minimum Gasteiger partial charge on any atom is -0.396 e. The highest BCUT2D eigenvalue weighted by molar-refractivity contribution is 6.39. The average Bonchev–Trinajstić information content (AvgIpc) is 2.39. The van der Waals surface area contributed by atoms with E-state index in [4.69, 9.17) is 5.11 Å². The van der Waals surface area contributed by atoms with Crippen LogP contribution in [0.2, 0.25) is 0 Å². The zero-order chi connectivity index (χ0) is 14.4. The van der Waals surface area contributed by atoms with Gasteiger partial charge in [0.2, 0.25) is 0 Å². The van der Waals surface area contributed by atoms with Crippen LogP contribution in [0.1, 0.15) is 6.92 Å². The summed E-state index contributed by atoms with van der Waals surface area (Å²) in [4.78, 5) is 22.7. The Kier molecular flexibility index (Phi) is 5.37. The molecule has 1 aromatic carbocycles. The lowest BCUT2D eigenvalue weighted by Crippen LogP contribution is -2.38. The van der Waals surface area contributed by atoms with E-state index in [9.17, 15) is 18.4 Å². The van der Waals surface area contributed by atoms with Crippen molar-refractivity contribution in [1.29, 1.82) is 0 Å². The fourth-order valence-electron chi connectivity index (χ4n) is 1.20. The van der Waals surface area contributed by atoms with E-state index < -0.39 is 29.1 Å². The van der Waals surface area contributed by atoms with Crippen LogP contribution in [0.4, 0.5) is 14.5 Å². The molecule has 0 heterocycles. The van der Waals surface area contributed by atoms with Gasteiger partial charge in [0, 0.05) is 13.2 Å². The molecule has 0 saturated heterocycles. The van der Waals surface area contributed by atoms with Crippen LogP contribution in [-0.2, 0) is 9.59 Å². The smallest absolute Gasteiger partial charge is 0.313 e. The predicted octanol–water partition coefficient (Wildman–Crippen LogP) is 0.648. The van der Waals surface area contributed by atoms with E-state index in [2.05, 4.69) is 5.32 Å². The lowest BCUT2D eigenvalue weighted by Gasteiger charge is -2.10. The zero-order valence-corrected chi connectivity index (χ0v) is 10.2. The molecular formula is C12H14F2N2O3. The monoisotopic (exact) mass is 272 g/mol. The van der Waals surface area contributed by atoms with Crippen molar-refractivity contribution in [3.63, 3.8) is 0 Å². The largest absolute Gasteiger partial charge is 0.396 e. The number of para-hydroxylation sites is 1. The Hall–Kier alpha value is -2.02. The molecule has 1 atom stereocenters. The highest BCUT2D eigenvalue weighted by atomic mass is 19.1. The summed E-state index contributed by atoms with van der Waals surface area (Å²) in [7, 11) is 0. The van der Waals surface area contributed by atoms with Gasteiger partial charge in [0.1, 0.15) is 17.3 Å². The number of halogens is 2. The van der Waals surface area contributed by atoms with Crippen LogP contribution in [0.25, 0.3) is 0 Å². The quantitative estimate of drug-likeness (QED) is 0.704. The number of rotatable bonds is 4. The van der Waals surface area contributed by atoms with Crippen molar-refractivity contribution in [2.45, 2.75) is 6.92 Å². The third kappa shape index (κ3) is 4.29. The first kappa shape index (κ1) is 15.0. The molecule has 0 radical (unpaired) electrons. The molecule has 5 nitrogen and oxygen atoms in total. The molecule has 0 saturated carbocycles. The van der Waals surface area contributed by atoms with Crippen molar-refractivity contribution < 1.29 is 23.5 Å². The Morgan fingerprint density at radius 2 is 1.84 bits per heavy atom. The van der Waals surface area contributed by atoms with Crippen LogP contribution in [-0.4, -0.2) is 30.1 Å². The zero-order valence-electron chi connectivity index (χ0n) is 10.2. The highest BCUT2D eigenvalue weighted by Gasteiger charge is 2.18. The molecule has 1 aromatic rings. The average molecular weight is 272 g/mol. The molecule has 0 aliphatic rings. The maximum Gasteiger partial charge on any atom is 0.313 e. The Balaban J connectivity index is 2.62. The second-order valence-corrected chi connectivity index (χ2v) is 4.05. The van der Waals surface area contributed by atoms with Gasteiger partial charge in [0.25, 0.3) is 0 Å². The van der Waals surface area contributed by atoms with Crippen molar-refractivity contribution in [1.82, 2.24) is 5.32 Å². The minimum atomic E-state index is -1.17. The molecule has 0 aromatic heterocycles. The molecule has 7 heteroatoms. The van der Waals surface area contributed by atoms with Crippen molar-refractivity contribution in [3.05, 3.63) is 29.8 Å². The predicted molar refractivity (Wildman–Crippen MR) is 64.2 cm³/mol. The van der Waals surface area contributed by atoms with E-state index in [1.165, 1.54) is 0 Å². The number of aliphatic hydroxyl groups is 1. The second kappa shape index (κ2) is 6.79. The fraction of sp³-hybridized carbons (Fsp3) is 0.333. The molecule has 104 valence electrons. The van der Waals surface area contributed by atoms with Crippen molar-refractivity contribution in [2.75, 3.05) is 18.5 Å². The lowest BCUT2D eigenvalue weighted by molar-refractivity contribution is -0.136. The van der Waals surface area contributed by atoms with Gasteiger partial charge in [-0.3, -0.25) is 9.59 Å². The number of benzene rings is 1. The molecule has 0 bridgehead atoms. The number of anilines is 1. The van der Waals surface area contributed by atoms with E-state index >= 15 is 0 Å². The van der Waals surface area contributed by atoms with Gasteiger partial charge in [0.05, 0.1) is 0 Å². The number of amides is 2. The highest BCUT2D eigenvalue weighted by Crippen LogP contribution is 2.17. The summed E-state index contributed by atoms with van der Waals surface area (Å²) in [6.45, 7) is 1.60. The van der Waals surface area contributed by atoms with Gasteiger partial charge in [-0.1, -0.05) is 13.0 Å². The minimum absolute atomic E-state index is 0.0858. The van der Waals surface area contributed by atoms with Crippen molar-refractivity contribution >= 4 is 17.5 Å². The molecule has 0 aliphatic carbocycles. The summed E-state index contributed by atoms with van der Waals surface area (Å²) in [5.74, 6) is -4.35. The Bertz CT molecular complexity index is 460. The number of aliphatic hydroxyl groups excluding tert-OH is 1. The topological polar surface area (TPSA) is 78.4 Å². The third-order valence-corrected chi connectivity index (χ3v) is 2.33. The van der Waals surface area contributed by atoms with Gasteiger partial charge in [-0.15, -0.1) is 0 Å².